The number of allylic oxidation sites excluding steroid dienone is 1. The molecule has 1 heteroatoms. The maximum absolute atomic E-state index is 5.59. The van der Waals surface area contributed by atoms with Crippen LogP contribution in [0, 0.1) is 6.58 Å². The Morgan fingerprint density at radius 2 is 2.11 bits per heavy atom. The van der Waals surface area contributed by atoms with Crippen molar-refractivity contribution in [2.45, 2.75) is 32.6 Å². The van der Waals surface area contributed by atoms with Crippen LogP contribution in [-0.4, -0.2) is 6.26 Å². The topological polar surface area (TPSA) is 0 Å². The summed E-state index contributed by atoms with van der Waals surface area (Å²) in [7, 11) is 0. The quantitative estimate of drug-likeness (QED) is 0.532. The summed E-state index contributed by atoms with van der Waals surface area (Å²) in [5.74, 6) is 0. The van der Waals surface area contributed by atoms with E-state index in [0.717, 1.165) is 11.3 Å². The molecule has 0 atom stereocenters. The third-order valence-corrected chi connectivity index (χ3v) is 2.02. The zero-order chi connectivity index (χ0) is 7.11. The first-order chi connectivity index (χ1) is 4.31. The number of unbranched alkanes of at least 4 members (excludes halogenated alkanes) is 2. The van der Waals surface area contributed by atoms with Crippen LogP contribution in [-0.2, 0) is 0 Å². The van der Waals surface area contributed by atoms with Gasteiger partial charge in [0.05, 0.1) is 0 Å². The molecule has 0 saturated carbocycles. The second-order valence-electron chi connectivity index (χ2n) is 2.13. The average molecular weight is 143 g/mol. The minimum absolute atomic E-state index is 1.07. The maximum atomic E-state index is 5.59. The van der Waals surface area contributed by atoms with Crippen LogP contribution < -0.4 is 0 Å². The van der Waals surface area contributed by atoms with E-state index in [1.165, 1.54) is 19.3 Å². The fourth-order valence-electron chi connectivity index (χ4n) is 0.651. The lowest BCUT2D eigenvalue weighted by atomic mass is 10.2. The van der Waals surface area contributed by atoms with Gasteiger partial charge in [-0.25, -0.2) is 0 Å². The second kappa shape index (κ2) is 6.21. The highest BCUT2D eigenvalue weighted by Crippen LogP contribution is 2.15. The number of rotatable bonds is 5. The van der Waals surface area contributed by atoms with E-state index >= 15 is 0 Å². The van der Waals surface area contributed by atoms with Crippen molar-refractivity contribution in [1.29, 1.82) is 0 Å². The van der Waals surface area contributed by atoms with Crippen molar-refractivity contribution in [2.24, 2.45) is 0 Å². The first-order valence-electron chi connectivity index (χ1n) is 3.46. The molecule has 0 nitrogen and oxygen atoms in total. The summed E-state index contributed by atoms with van der Waals surface area (Å²) >= 11 is 1.67. The molecule has 0 aromatic carbocycles. The van der Waals surface area contributed by atoms with Crippen molar-refractivity contribution in [3.05, 3.63) is 11.5 Å². The van der Waals surface area contributed by atoms with Gasteiger partial charge in [-0.15, -0.1) is 11.8 Å². The molecule has 53 valence electrons. The fourth-order valence-corrected chi connectivity index (χ4v) is 1.000. The third-order valence-electron chi connectivity index (χ3n) is 1.29. The van der Waals surface area contributed by atoms with Crippen LogP contribution in [0.2, 0.25) is 0 Å². The van der Waals surface area contributed by atoms with E-state index in [2.05, 4.69) is 6.92 Å². The molecule has 0 fully saturated rings. The Balaban J connectivity index is 2.97. The van der Waals surface area contributed by atoms with Crippen LogP contribution in [0.4, 0.5) is 0 Å². The summed E-state index contributed by atoms with van der Waals surface area (Å²) in [5.41, 5.74) is 0. The first kappa shape index (κ1) is 9.09. The van der Waals surface area contributed by atoms with Gasteiger partial charge >= 0.3 is 0 Å². The predicted molar refractivity (Wildman–Crippen MR) is 45.5 cm³/mol. The highest BCUT2D eigenvalue weighted by molar-refractivity contribution is 8.02. The molecule has 0 aliphatic rings. The summed E-state index contributed by atoms with van der Waals surface area (Å²) in [6.45, 7) is 7.80. The van der Waals surface area contributed by atoms with Crippen molar-refractivity contribution < 1.29 is 0 Å². The molecule has 0 aromatic rings. The smallest absolute Gasteiger partial charge is 0.0140 e. The SMILES string of the molecule is [CH]=C(CCCCC)SC. The minimum Gasteiger partial charge on any atom is -0.134 e. The van der Waals surface area contributed by atoms with Crippen molar-refractivity contribution in [2.75, 3.05) is 6.26 Å². The predicted octanol–water partition coefficient (Wildman–Crippen LogP) is 3.25. The molecule has 9 heavy (non-hydrogen) atoms. The van der Waals surface area contributed by atoms with Gasteiger partial charge < -0.3 is 0 Å². The average Bonchev–Trinajstić information content (AvgIpc) is 1.89. The van der Waals surface area contributed by atoms with Crippen LogP contribution >= 0.6 is 11.8 Å². The van der Waals surface area contributed by atoms with Crippen molar-refractivity contribution in [1.82, 2.24) is 0 Å². The zero-order valence-corrected chi connectivity index (χ0v) is 7.13. The van der Waals surface area contributed by atoms with Gasteiger partial charge in [0.15, 0.2) is 0 Å². The summed E-state index contributed by atoms with van der Waals surface area (Å²) in [6, 6.07) is 0. The van der Waals surface area contributed by atoms with Crippen LogP contribution in [0.15, 0.2) is 4.91 Å². The van der Waals surface area contributed by atoms with E-state index in [1.807, 2.05) is 6.26 Å². The van der Waals surface area contributed by atoms with Gasteiger partial charge in [-0.2, -0.15) is 0 Å². The lowest BCUT2D eigenvalue weighted by Gasteiger charge is -1.98. The van der Waals surface area contributed by atoms with E-state index < -0.39 is 0 Å². The Labute approximate surface area is 62.7 Å². The molecule has 0 heterocycles. The molecule has 1 radical (unpaired) electrons. The molecule has 0 unspecified atom stereocenters. The van der Waals surface area contributed by atoms with E-state index in [9.17, 15) is 0 Å². The lowest BCUT2D eigenvalue weighted by molar-refractivity contribution is 0.726. The van der Waals surface area contributed by atoms with Gasteiger partial charge in [-0.05, 0) is 24.0 Å². The molecule has 0 saturated heterocycles. The Morgan fingerprint density at radius 3 is 2.56 bits per heavy atom. The Hall–Kier alpha value is 0.0900. The molecule has 0 spiro atoms. The largest absolute Gasteiger partial charge is 0.134 e. The molecular weight excluding hydrogens is 128 g/mol. The van der Waals surface area contributed by atoms with Gasteiger partial charge in [0.2, 0.25) is 0 Å². The second-order valence-corrected chi connectivity index (χ2v) is 3.06. The highest BCUT2D eigenvalue weighted by atomic mass is 32.2. The van der Waals surface area contributed by atoms with Crippen molar-refractivity contribution in [3.63, 3.8) is 0 Å². The van der Waals surface area contributed by atoms with Gasteiger partial charge in [0.1, 0.15) is 0 Å². The summed E-state index contributed by atoms with van der Waals surface area (Å²) in [6.07, 6.45) is 6.96. The van der Waals surface area contributed by atoms with Crippen LogP contribution in [0.5, 0.6) is 0 Å². The molecule has 0 N–H and O–H groups in total. The fraction of sp³-hybridized carbons (Fsp3) is 0.750. The number of thioether (sulfide) groups is 1. The minimum atomic E-state index is 1.07. The summed E-state index contributed by atoms with van der Waals surface area (Å²) in [5, 5.41) is 0. The number of hydrogen-bond donors (Lipinski definition) is 0. The van der Waals surface area contributed by atoms with Crippen molar-refractivity contribution >= 4 is 11.8 Å². The molecule has 0 aliphatic heterocycles. The highest BCUT2D eigenvalue weighted by Gasteiger charge is 1.89. The standard InChI is InChI=1S/C8H15S/c1-4-5-6-7-8(2)9-3/h2H,4-7H2,1,3H3. The Morgan fingerprint density at radius 1 is 1.44 bits per heavy atom. The van der Waals surface area contributed by atoms with Gasteiger partial charge in [0.25, 0.3) is 0 Å². The normalized spacial score (nSPS) is 9.56. The van der Waals surface area contributed by atoms with E-state index in [0.29, 0.717) is 0 Å². The molecule has 0 rings (SSSR count). The van der Waals surface area contributed by atoms with Crippen LogP contribution in [0.25, 0.3) is 0 Å². The van der Waals surface area contributed by atoms with Gasteiger partial charge in [0, 0.05) is 0 Å². The molecular formula is C8H15S. The first-order valence-corrected chi connectivity index (χ1v) is 4.69. The van der Waals surface area contributed by atoms with E-state index in [4.69, 9.17) is 6.58 Å². The van der Waals surface area contributed by atoms with Crippen LogP contribution in [0.3, 0.4) is 0 Å². The molecule has 0 aromatic heterocycles. The number of hydrogen-bond acceptors (Lipinski definition) is 1. The molecule has 0 amide bonds. The lowest BCUT2D eigenvalue weighted by Crippen LogP contribution is -1.75. The maximum Gasteiger partial charge on any atom is -0.0140 e. The van der Waals surface area contributed by atoms with Crippen molar-refractivity contribution in [3.8, 4) is 0 Å². The zero-order valence-electron chi connectivity index (χ0n) is 6.31. The molecule has 0 aliphatic carbocycles. The van der Waals surface area contributed by atoms with Gasteiger partial charge in [-0.1, -0.05) is 26.3 Å². The Bertz CT molecular complexity index is 76.6. The Kier molecular flexibility index (Phi) is 6.28. The molecule has 0 bridgehead atoms. The summed E-state index contributed by atoms with van der Waals surface area (Å²) in [4.78, 5) is 1.07. The summed E-state index contributed by atoms with van der Waals surface area (Å²) < 4.78 is 0. The van der Waals surface area contributed by atoms with Crippen LogP contribution in [0.1, 0.15) is 32.6 Å². The van der Waals surface area contributed by atoms with E-state index in [-0.39, 0.29) is 0 Å². The monoisotopic (exact) mass is 143 g/mol. The van der Waals surface area contributed by atoms with E-state index in [1.54, 1.807) is 11.8 Å². The third kappa shape index (κ3) is 5.97. The van der Waals surface area contributed by atoms with Gasteiger partial charge in [-0.3, -0.25) is 0 Å².